The monoisotopic (exact) mass is 472 g/mol. The van der Waals surface area contributed by atoms with Crippen molar-refractivity contribution in [3.05, 3.63) is 0 Å². The molecule has 6 rings (SSSR count). The van der Waals surface area contributed by atoms with Gasteiger partial charge in [0, 0.05) is 12.3 Å². The van der Waals surface area contributed by atoms with Crippen LogP contribution in [0.5, 0.6) is 0 Å². The zero-order valence-corrected chi connectivity index (χ0v) is 22.3. The number of hydrogen-bond acceptors (Lipinski definition) is 4. The van der Waals surface area contributed by atoms with Crippen LogP contribution in [0.4, 0.5) is 0 Å². The number of fused-ring (bicyclic) bond motifs is 7. The molecule has 4 nitrogen and oxygen atoms in total. The van der Waals surface area contributed by atoms with Crippen molar-refractivity contribution in [2.75, 3.05) is 13.2 Å². The summed E-state index contributed by atoms with van der Waals surface area (Å²) in [5.41, 5.74) is 0.799. The highest BCUT2D eigenvalue weighted by atomic mass is 16.7. The van der Waals surface area contributed by atoms with Gasteiger partial charge in [0.1, 0.15) is 0 Å². The van der Waals surface area contributed by atoms with Crippen LogP contribution in [0.25, 0.3) is 0 Å². The molecule has 2 heterocycles. The zero-order chi connectivity index (χ0) is 23.9. The summed E-state index contributed by atoms with van der Waals surface area (Å²) in [5, 5.41) is 0. The molecule has 4 saturated carbocycles. The third-order valence-corrected chi connectivity index (χ3v) is 12.6. The average molecular weight is 473 g/mol. The average Bonchev–Trinajstić information content (AvgIpc) is 3.26. The van der Waals surface area contributed by atoms with E-state index in [0.717, 1.165) is 43.6 Å². The van der Waals surface area contributed by atoms with Gasteiger partial charge < -0.3 is 14.2 Å². The smallest absolute Gasteiger partial charge is 0.308 e. The van der Waals surface area contributed by atoms with Crippen molar-refractivity contribution in [2.24, 2.45) is 58.2 Å². The first-order chi connectivity index (χ1) is 16.2. The highest BCUT2D eigenvalue weighted by molar-refractivity contribution is 5.72. The van der Waals surface area contributed by atoms with Crippen LogP contribution in [-0.4, -0.2) is 31.1 Å². The Kier molecular flexibility index (Phi) is 5.73. The molecule has 2 saturated heterocycles. The van der Waals surface area contributed by atoms with E-state index in [4.69, 9.17) is 14.2 Å². The maximum absolute atomic E-state index is 12.5. The minimum atomic E-state index is -0.304. The summed E-state index contributed by atoms with van der Waals surface area (Å²) < 4.78 is 18.8. The third kappa shape index (κ3) is 3.25. The van der Waals surface area contributed by atoms with Gasteiger partial charge >= 0.3 is 5.97 Å². The largest absolute Gasteiger partial charge is 0.466 e. The van der Waals surface area contributed by atoms with Crippen LogP contribution in [-0.2, 0) is 19.0 Å². The van der Waals surface area contributed by atoms with Gasteiger partial charge in [-0.2, -0.15) is 0 Å². The minimum absolute atomic E-state index is 0.0610. The van der Waals surface area contributed by atoms with Crippen molar-refractivity contribution >= 4 is 5.97 Å². The first kappa shape index (κ1) is 23.8. The number of rotatable bonds is 2. The Morgan fingerprint density at radius 1 is 0.941 bits per heavy atom. The number of carbonyl (C=O) groups excluding carboxylic acids is 1. The number of hydrogen-bond donors (Lipinski definition) is 0. The van der Waals surface area contributed by atoms with Crippen LogP contribution in [0.1, 0.15) is 98.8 Å². The molecule has 2 aliphatic heterocycles. The molecule has 6 aliphatic rings. The van der Waals surface area contributed by atoms with Crippen molar-refractivity contribution in [1.29, 1.82) is 0 Å². The Hall–Kier alpha value is -0.610. The first-order valence-corrected chi connectivity index (χ1v) is 14.7. The van der Waals surface area contributed by atoms with E-state index in [1.165, 1.54) is 44.9 Å². The van der Waals surface area contributed by atoms with Gasteiger partial charge in [0.2, 0.25) is 0 Å². The fraction of sp³-hybridized carbons (Fsp3) is 0.967. The lowest BCUT2D eigenvalue weighted by Gasteiger charge is -2.61. The Bertz CT molecular complexity index is 802. The predicted octanol–water partition coefficient (Wildman–Crippen LogP) is 6.61. The van der Waals surface area contributed by atoms with E-state index in [-0.39, 0.29) is 17.7 Å². The van der Waals surface area contributed by atoms with Gasteiger partial charge in [-0.25, -0.2) is 0 Å². The van der Waals surface area contributed by atoms with E-state index in [1.807, 2.05) is 6.92 Å². The van der Waals surface area contributed by atoms with Crippen molar-refractivity contribution in [3.8, 4) is 0 Å². The number of carbonyl (C=O) groups is 1. The fourth-order valence-electron chi connectivity index (χ4n) is 10.7. The van der Waals surface area contributed by atoms with E-state index in [9.17, 15) is 4.79 Å². The Balaban J connectivity index is 1.20. The number of esters is 1. The molecule has 34 heavy (non-hydrogen) atoms. The quantitative estimate of drug-likeness (QED) is 0.424. The maximum atomic E-state index is 12.5. The molecule has 4 aliphatic carbocycles. The lowest BCUT2D eigenvalue weighted by Crippen LogP contribution is -2.55. The SMILES string of the molecule is CCOC(=O)[C@@H]1CC[C@@]2(C)[C@H](CC[C@@H]3[C@@H]2CC[C@]2(C)[C@@H]4[C@H](C[C@@H]32)O[C@]2(CC[C@@H](C)CO2)[C@H]4C)C1. The molecule has 192 valence electrons. The molecule has 0 aromatic carbocycles. The zero-order valence-electron chi connectivity index (χ0n) is 22.3. The Labute approximate surface area is 207 Å². The van der Waals surface area contributed by atoms with E-state index in [1.54, 1.807) is 0 Å². The second-order valence-electron chi connectivity index (χ2n) is 13.9. The summed E-state index contributed by atoms with van der Waals surface area (Å²) in [7, 11) is 0. The number of ether oxygens (including phenoxy) is 3. The van der Waals surface area contributed by atoms with Crippen LogP contribution in [0.3, 0.4) is 0 Å². The second-order valence-corrected chi connectivity index (χ2v) is 13.9. The lowest BCUT2D eigenvalue weighted by atomic mass is 9.44. The molecule has 0 radical (unpaired) electrons. The molecule has 0 aromatic heterocycles. The van der Waals surface area contributed by atoms with E-state index < -0.39 is 0 Å². The van der Waals surface area contributed by atoms with Crippen LogP contribution in [0.2, 0.25) is 0 Å². The molecule has 0 unspecified atom stereocenters. The summed E-state index contributed by atoms with van der Waals surface area (Å²) in [6.45, 7) is 13.3. The summed E-state index contributed by atoms with van der Waals surface area (Å²) in [6, 6.07) is 0. The molecule has 1 spiro atoms. The first-order valence-electron chi connectivity index (χ1n) is 14.7. The highest BCUT2D eigenvalue weighted by Crippen LogP contribution is 2.71. The minimum Gasteiger partial charge on any atom is -0.466 e. The highest BCUT2D eigenvalue weighted by Gasteiger charge is 2.69. The van der Waals surface area contributed by atoms with Crippen LogP contribution in [0, 0.1) is 58.2 Å². The van der Waals surface area contributed by atoms with Gasteiger partial charge in [-0.1, -0.05) is 27.7 Å². The summed E-state index contributed by atoms with van der Waals surface area (Å²) in [6.07, 6.45) is 12.6. The van der Waals surface area contributed by atoms with E-state index >= 15 is 0 Å². The van der Waals surface area contributed by atoms with Crippen molar-refractivity contribution < 1.29 is 19.0 Å². The van der Waals surface area contributed by atoms with Gasteiger partial charge in [0.15, 0.2) is 5.79 Å². The maximum Gasteiger partial charge on any atom is 0.308 e. The summed E-state index contributed by atoms with van der Waals surface area (Å²) in [5.74, 6) is 4.86. The van der Waals surface area contributed by atoms with Gasteiger partial charge in [-0.05, 0) is 111 Å². The van der Waals surface area contributed by atoms with Gasteiger partial charge in [-0.15, -0.1) is 0 Å². The van der Waals surface area contributed by atoms with Crippen molar-refractivity contribution in [3.63, 3.8) is 0 Å². The van der Waals surface area contributed by atoms with Crippen molar-refractivity contribution in [1.82, 2.24) is 0 Å². The van der Waals surface area contributed by atoms with Gasteiger partial charge in [0.05, 0.1) is 25.2 Å². The van der Waals surface area contributed by atoms with Crippen LogP contribution < -0.4 is 0 Å². The standard InChI is InChI=1S/C30H48O4/c1-6-32-27(31)20-10-12-28(4)21(15-20)7-8-22-23(28)11-13-29(5)24(22)16-25-26(29)19(3)30(34-25)14-9-18(2)17-33-30/h18-26H,6-17H2,1-5H3/t18-,19+,20-,21-,22-,23+,24+,25+,26+,28+,29+,30-/m1/s1. The Morgan fingerprint density at radius 2 is 1.74 bits per heavy atom. The van der Waals surface area contributed by atoms with Gasteiger partial charge in [-0.3, -0.25) is 4.79 Å². The summed E-state index contributed by atoms with van der Waals surface area (Å²) >= 11 is 0. The molecule has 6 fully saturated rings. The molecule has 0 N–H and O–H groups in total. The fourth-order valence-corrected chi connectivity index (χ4v) is 10.7. The Morgan fingerprint density at radius 3 is 2.47 bits per heavy atom. The molecule has 12 atom stereocenters. The summed E-state index contributed by atoms with van der Waals surface area (Å²) in [4.78, 5) is 12.5. The van der Waals surface area contributed by atoms with Crippen LogP contribution >= 0.6 is 0 Å². The van der Waals surface area contributed by atoms with Crippen LogP contribution in [0.15, 0.2) is 0 Å². The van der Waals surface area contributed by atoms with E-state index in [0.29, 0.717) is 47.2 Å². The van der Waals surface area contributed by atoms with Crippen molar-refractivity contribution in [2.45, 2.75) is 111 Å². The molecular weight excluding hydrogens is 424 g/mol. The normalized spacial score (nSPS) is 56.3. The molecule has 4 heteroatoms. The predicted molar refractivity (Wildman–Crippen MR) is 132 cm³/mol. The molecule has 0 bridgehead atoms. The molecule has 0 aromatic rings. The molecular formula is C30H48O4. The van der Waals surface area contributed by atoms with E-state index in [2.05, 4.69) is 27.7 Å². The molecule has 0 amide bonds. The topological polar surface area (TPSA) is 44.8 Å². The second kappa shape index (κ2) is 8.20. The lowest BCUT2D eigenvalue weighted by molar-refractivity contribution is -0.273. The van der Waals surface area contributed by atoms with Gasteiger partial charge in [0.25, 0.3) is 0 Å². The third-order valence-electron chi connectivity index (χ3n) is 12.6.